The van der Waals surface area contributed by atoms with Crippen molar-refractivity contribution >= 4 is 12.0 Å². The third kappa shape index (κ3) is 4.90. The number of carboxylic acids is 1. The molecule has 122 valence electrons. The molecule has 0 aromatic heterocycles. The van der Waals surface area contributed by atoms with E-state index >= 15 is 0 Å². The highest BCUT2D eigenvalue weighted by atomic mass is 16.4. The van der Waals surface area contributed by atoms with Crippen molar-refractivity contribution in [3.8, 4) is 0 Å². The van der Waals surface area contributed by atoms with Crippen LogP contribution in [0.5, 0.6) is 0 Å². The first-order chi connectivity index (χ1) is 9.88. The van der Waals surface area contributed by atoms with Gasteiger partial charge in [-0.2, -0.15) is 0 Å². The van der Waals surface area contributed by atoms with Crippen LogP contribution in [0, 0.1) is 5.92 Å². The van der Waals surface area contributed by atoms with E-state index in [4.69, 9.17) is 0 Å². The van der Waals surface area contributed by atoms with E-state index in [9.17, 15) is 14.7 Å². The van der Waals surface area contributed by atoms with Crippen molar-refractivity contribution < 1.29 is 14.7 Å². The zero-order valence-corrected chi connectivity index (χ0v) is 13.8. The molecule has 2 amide bonds. The third-order valence-electron chi connectivity index (χ3n) is 4.40. The number of amides is 2. The van der Waals surface area contributed by atoms with Crippen LogP contribution in [0.15, 0.2) is 0 Å². The van der Waals surface area contributed by atoms with Crippen LogP contribution >= 0.6 is 0 Å². The zero-order chi connectivity index (χ0) is 16.0. The van der Waals surface area contributed by atoms with Crippen molar-refractivity contribution in [2.45, 2.75) is 71.4 Å². The minimum absolute atomic E-state index is 0.128. The van der Waals surface area contributed by atoms with Gasteiger partial charge in [-0.3, -0.25) is 0 Å². The fraction of sp³-hybridized carbons (Fsp3) is 0.875. The van der Waals surface area contributed by atoms with Gasteiger partial charge < -0.3 is 14.9 Å². The Morgan fingerprint density at radius 3 is 2.24 bits per heavy atom. The van der Waals surface area contributed by atoms with E-state index in [0.717, 1.165) is 38.6 Å². The summed E-state index contributed by atoms with van der Waals surface area (Å²) in [6, 6.07) is -0.581. The first-order valence-electron chi connectivity index (χ1n) is 8.14. The van der Waals surface area contributed by atoms with Gasteiger partial charge in [0.05, 0.1) is 0 Å². The molecule has 0 bridgehead atoms. The largest absolute Gasteiger partial charge is 0.480 e. The van der Waals surface area contributed by atoms with Crippen molar-refractivity contribution in [2.75, 3.05) is 13.6 Å². The van der Waals surface area contributed by atoms with Crippen molar-refractivity contribution in [3.05, 3.63) is 0 Å². The zero-order valence-electron chi connectivity index (χ0n) is 13.8. The molecule has 1 saturated carbocycles. The van der Waals surface area contributed by atoms with Gasteiger partial charge in [-0.15, -0.1) is 0 Å². The van der Waals surface area contributed by atoms with E-state index in [1.54, 1.807) is 14.0 Å². The third-order valence-corrected chi connectivity index (χ3v) is 4.40. The summed E-state index contributed by atoms with van der Waals surface area (Å²) in [5.41, 5.74) is 0. The molecule has 0 spiro atoms. The lowest BCUT2D eigenvalue weighted by molar-refractivity contribution is -0.142. The normalized spacial score (nSPS) is 17.0. The molecule has 1 atom stereocenters. The number of aliphatic carboxylic acids is 1. The van der Waals surface area contributed by atoms with Gasteiger partial charge in [0.2, 0.25) is 0 Å². The molecule has 5 heteroatoms. The van der Waals surface area contributed by atoms with Crippen LogP contribution in [-0.2, 0) is 4.79 Å². The van der Waals surface area contributed by atoms with Crippen molar-refractivity contribution in [3.63, 3.8) is 0 Å². The molecule has 0 aromatic rings. The summed E-state index contributed by atoms with van der Waals surface area (Å²) in [4.78, 5) is 27.3. The molecule has 0 aromatic carbocycles. The predicted molar refractivity (Wildman–Crippen MR) is 83.3 cm³/mol. The van der Waals surface area contributed by atoms with Gasteiger partial charge in [0.1, 0.15) is 6.04 Å². The Kier molecular flexibility index (Phi) is 6.99. The fourth-order valence-electron chi connectivity index (χ4n) is 3.00. The molecule has 1 rings (SSSR count). The van der Waals surface area contributed by atoms with Gasteiger partial charge in [0, 0.05) is 19.6 Å². The molecule has 0 radical (unpaired) electrons. The standard InChI is InChI=1S/C16H30N2O3/c1-5-14(15(19)20)17(4)16(21)18(11-10-12(2)3)13-8-6-7-9-13/h12-14H,5-11H2,1-4H3,(H,19,20). The molecule has 0 saturated heterocycles. The number of hydrogen-bond donors (Lipinski definition) is 1. The van der Waals surface area contributed by atoms with Crippen molar-refractivity contribution in [1.82, 2.24) is 9.80 Å². The highest BCUT2D eigenvalue weighted by Crippen LogP contribution is 2.25. The lowest BCUT2D eigenvalue weighted by Gasteiger charge is -2.35. The predicted octanol–water partition coefficient (Wildman–Crippen LogP) is 3.19. The Balaban J connectivity index is 2.79. The maximum Gasteiger partial charge on any atom is 0.326 e. The van der Waals surface area contributed by atoms with Gasteiger partial charge in [-0.25, -0.2) is 9.59 Å². The number of nitrogens with zero attached hydrogens (tertiary/aromatic N) is 2. The number of rotatable bonds is 7. The SMILES string of the molecule is CCC(C(=O)O)N(C)C(=O)N(CCC(C)C)C1CCCC1. The number of hydrogen-bond acceptors (Lipinski definition) is 2. The van der Waals surface area contributed by atoms with Crippen LogP contribution in [0.4, 0.5) is 4.79 Å². The molecule has 21 heavy (non-hydrogen) atoms. The van der Waals surface area contributed by atoms with E-state index in [2.05, 4.69) is 13.8 Å². The van der Waals surface area contributed by atoms with Crippen LogP contribution in [0.2, 0.25) is 0 Å². The fourth-order valence-corrected chi connectivity index (χ4v) is 3.00. The van der Waals surface area contributed by atoms with Gasteiger partial charge in [-0.05, 0) is 31.6 Å². The Hall–Kier alpha value is -1.26. The van der Waals surface area contributed by atoms with Crippen LogP contribution < -0.4 is 0 Å². The van der Waals surface area contributed by atoms with Gasteiger partial charge >= 0.3 is 12.0 Å². The molecule has 0 aliphatic heterocycles. The molecule has 1 N–H and O–H groups in total. The molecule has 0 heterocycles. The van der Waals surface area contributed by atoms with E-state index in [1.165, 1.54) is 4.90 Å². The van der Waals surface area contributed by atoms with Crippen molar-refractivity contribution in [2.24, 2.45) is 5.92 Å². The summed E-state index contributed by atoms with van der Waals surface area (Å²) in [5.74, 6) is -0.392. The number of carboxylic acid groups (broad SMARTS) is 1. The summed E-state index contributed by atoms with van der Waals surface area (Å²) >= 11 is 0. The van der Waals surface area contributed by atoms with Crippen LogP contribution in [0.25, 0.3) is 0 Å². The summed E-state index contributed by atoms with van der Waals surface area (Å²) in [6.07, 6.45) is 5.80. The Labute approximate surface area is 128 Å². The summed E-state index contributed by atoms with van der Waals surface area (Å²) < 4.78 is 0. The Morgan fingerprint density at radius 1 is 1.24 bits per heavy atom. The Bertz CT molecular complexity index is 351. The minimum atomic E-state index is -0.927. The quantitative estimate of drug-likeness (QED) is 0.785. The smallest absolute Gasteiger partial charge is 0.326 e. The second-order valence-corrected chi connectivity index (χ2v) is 6.47. The molecule has 1 aliphatic carbocycles. The summed E-state index contributed by atoms with van der Waals surface area (Å²) in [7, 11) is 1.61. The average Bonchev–Trinajstić information content (AvgIpc) is 2.92. The molecule has 1 unspecified atom stereocenters. The second-order valence-electron chi connectivity index (χ2n) is 6.47. The maximum atomic E-state index is 12.7. The number of carbonyl (C=O) groups is 2. The van der Waals surface area contributed by atoms with E-state index in [0.29, 0.717) is 12.3 Å². The minimum Gasteiger partial charge on any atom is -0.480 e. The summed E-state index contributed by atoms with van der Waals surface area (Å²) in [5, 5.41) is 9.25. The first kappa shape index (κ1) is 17.8. The molecule has 1 aliphatic rings. The highest BCUT2D eigenvalue weighted by molar-refractivity contribution is 5.82. The second kappa shape index (κ2) is 8.25. The maximum absolute atomic E-state index is 12.7. The lowest BCUT2D eigenvalue weighted by atomic mass is 10.1. The lowest BCUT2D eigenvalue weighted by Crippen LogP contribution is -2.51. The van der Waals surface area contributed by atoms with E-state index in [-0.39, 0.29) is 12.1 Å². The van der Waals surface area contributed by atoms with Crippen LogP contribution in [0.1, 0.15) is 59.3 Å². The molecular formula is C16H30N2O3. The topological polar surface area (TPSA) is 60.9 Å². The Morgan fingerprint density at radius 2 is 1.81 bits per heavy atom. The number of urea groups is 1. The van der Waals surface area contributed by atoms with Gasteiger partial charge in [-0.1, -0.05) is 33.6 Å². The molecular weight excluding hydrogens is 268 g/mol. The van der Waals surface area contributed by atoms with Gasteiger partial charge in [0.25, 0.3) is 0 Å². The highest BCUT2D eigenvalue weighted by Gasteiger charge is 2.32. The first-order valence-corrected chi connectivity index (χ1v) is 8.14. The van der Waals surface area contributed by atoms with Crippen LogP contribution in [-0.4, -0.2) is 52.6 Å². The number of likely N-dealkylation sites (N-methyl/N-ethyl adjacent to an activating group) is 1. The van der Waals surface area contributed by atoms with Gasteiger partial charge in [0.15, 0.2) is 0 Å². The monoisotopic (exact) mass is 298 g/mol. The summed E-state index contributed by atoms with van der Waals surface area (Å²) in [6.45, 7) is 6.82. The van der Waals surface area contributed by atoms with Crippen LogP contribution in [0.3, 0.4) is 0 Å². The average molecular weight is 298 g/mol. The van der Waals surface area contributed by atoms with E-state index in [1.807, 2.05) is 4.90 Å². The molecule has 1 fully saturated rings. The van der Waals surface area contributed by atoms with Crippen molar-refractivity contribution in [1.29, 1.82) is 0 Å². The molecule has 5 nitrogen and oxygen atoms in total. The van der Waals surface area contributed by atoms with E-state index < -0.39 is 12.0 Å². The number of carbonyl (C=O) groups excluding carboxylic acids is 1.